The summed E-state index contributed by atoms with van der Waals surface area (Å²) in [5, 5.41) is 8.87. The fourth-order valence-electron chi connectivity index (χ4n) is 2.62. The number of hydrogen-bond acceptors (Lipinski definition) is 2. The summed E-state index contributed by atoms with van der Waals surface area (Å²) in [7, 11) is 0. The van der Waals surface area contributed by atoms with Gasteiger partial charge in [-0.1, -0.05) is 6.42 Å². The first-order valence-corrected chi connectivity index (χ1v) is 8.46. The molecule has 0 saturated carbocycles. The van der Waals surface area contributed by atoms with Crippen LogP contribution >= 0.6 is 11.3 Å². The molecule has 0 atom stereocenters. The Kier molecular flexibility index (Phi) is 5.95. The highest BCUT2D eigenvalue weighted by Gasteiger charge is 2.04. The first kappa shape index (κ1) is 15.7. The van der Waals surface area contributed by atoms with Gasteiger partial charge in [0.25, 0.3) is 0 Å². The number of rotatable bonds is 7. The summed E-state index contributed by atoms with van der Waals surface area (Å²) in [6.07, 6.45) is 10.2. The molecule has 3 heteroatoms. The van der Waals surface area contributed by atoms with E-state index in [1.165, 1.54) is 47.4 Å². The van der Waals surface area contributed by atoms with Crippen molar-refractivity contribution in [3.8, 4) is 6.07 Å². The minimum atomic E-state index is 0.737. The van der Waals surface area contributed by atoms with Crippen molar-refractivity contribution in [2.24, 2.45) is 0 Å². The van der Waals surface area contributed by atoms with Crippen LogP contribution in [0.4, 0.5) is 0 Å². The predicted molar refractivity (Wildman–Crippen MR) is 87.3 cm³/mol. The predicted octanol–water partition coefficient (Wildman–Crippen LogP) is 4.33. The van der Waals surface area contributed by atoms with Gasteiger partial charge in [-0.25, -0.2) is 4.57 Å². The molecule has 0 spiro atoms. The number of nitriles is 1. The molecule has 2 rings (SSSR count). The van der Waals surface area contributed by atoms with E-state index >= 15 is 0 Å². The molecular formula is C18H23N2S+. The van der Waals surface area contributed by atoms with Crippen LogP contribution in [0.5, 0.6) is 0 Å². The molecule has 0 radical (unpaired) electrons. The zero-order chi connectivity index (χ0) is 15.1. The lowest BCUT2D eigenvalue weighted by molar-refractivity contribution is -0.697. The number of pyridine rings is 1. The molecule has 0 aliphatic heterocycles. The molecule has 2 aromatic heterocycles. The van der Waals surface area contributed by atoms with E-state index in [1.54, 1.807) is 0 Å². The fourth-order valence-corrected chi connectivity index (χ4v) is 3.60. The first-order chi connectivity index (χ1) is 10.2. The Morgan fingerprint density at radius 1 is 1.19 bits per heavy atom. The largest absolute Gasteiger partial charge is 0.204 e. The molecule has 0 aromatic carbocycles. The van der Waals surface area contributed by atoms with Crippen molar-refractivity contribution in [2.75, 3.05) is 0 Å². The third-order valence-corrected chi connectivity index (χ3v) is 4.75. The quantitative estimate of drug-likeness (QED) is 0.552. The van der Waals surface area contributed by atoms with Crippen LogP contribution in [0.2, 0.25) is 0 Å². The molecule has 0 fully saturated rings. The van der Waals surface area contributed by atoms with Crippen LogP contribution in [-0.2, 0) is 13.0 Å². The summed E-state index contributed by atoms with van der Waals surface area (Å²) < 4.78 is 2.12. The standard InChI is InChI=1S/C18H23N2S/c1-15-12-18(16(2)21-15)9-5-3-4-6-10-20-11-7-8-17(13-19)14-20/h7-8,11-12,14H,3-6,9-10H2,1-2H3/q+1. The maximum atomic E-state index is 8.87. The van der Waals surface area contributed by atoms with E-state index in [2.05, 4.69) is 30.6 Å². The Morgan fingerprint density at radius 3 is 2.71 bits per heavy atom. The van der Waals surface area contributed by atoms with Crippen molar-refractivity contribution >= 4 is 11.3 Å². The van der Waals surface area contributed by atoms with Crippen LogP contribution in [0.1, 0.15) is 46.6 Å². The van der Waals surface area contributed by atoms with Gasteiger partial charge < -0.3 is 0 Å². The topological polar surface area (TPSA) is 27.7 Å². The van der Waals surface area contributed by atoms with E-state index in [0.29, 0.717) is 0 Å². The molecule has 0 aliphatic carbocycles. The minimum absolute atomic E-state index is 0.737. The summed E-state index contributed by atoms with van der Waals surface area (Å²) in [6, 6.07) is 8.31. The lowest BCUT2D eigenvalue weighted by atomic mass is 10.1. The highest BCUT2D eigenvalue weighted by atomic mass is 32.1. The molecule has 110 valence electrons. The second kappa shape index (κ2) is 7.95. The average molecular weight is 299 g/mol. The third kappa shape index (κ3) is 4.99. The molecule has 0 unspecified atom stereocenters. The number of aryl methyl sites for hydroxylation is 4. The Labute approximate surface area is 131 Å². The average Bonchev–Trinajstić information content (AvgIpc) is 2.81. The monoisotopic (exact) mass is 299 g/mol. The first-order valence-electron chi connectivity index (χ1n) is 7.64. The molecule has 0 saturated heterocycles. The van der Waals surface area contributed by atoms with Gasteiger partial charge in [0.15, 0.2) is 12.4 Å². The highest BCUT2D eigenvalue weighted by molar-refractivity contribution is 7.12. The van der Waals surface area contributed by atoms with Gasteiger partial charge in [-0.3, -0.25) is 0 Å². The van der Waals surface area contributed by atoms with E-state index in [1.807, 2.05) is 35.9 Å². The van der Waals surface area contributed by atoms with Gasteiger partial charge in [0, 0.05) is 22.2 Å². The zero-order valence-electron chi connectivity index (χ0n) is 12.9. The van der Waals surface area contributed by atoms with Crippen LogP contribution in [0.25, 0.3) is 0 Å². The van der Waals surface area contributed by atoms with E-state index in [4.69, 9.17) is 5.26 Å². The lowest BCUT2D eigenvalue weighted by Gasteiger charge is -2.01. The van der Waals surface area contributed by atoms with Crippen molar-refractivity contribution in [3.05, 3.63) is 51.5 Å². The second-order valence-corrected chi connectivity index (χ2v) is 7.01. The maximum absolute atomic E-state index is 8.87. The van der Waals surface area contributed by atoms with Gasteiger partial charge in [0.05, 0.1) is 0 Å². The Morgan fingerprint density at radius 2 is 2.00 bits per heavy atom. The van der Waals surface area contributed by atoms with Crippen molar-refractivity contribution in [3.63, 3.8) is 0 Å². The number of unbranched alkanes of at least 4 members (excludes halogenated alkanes) is 3. The van der Waals surface area contributed by atoms with E-state index < -0.39 is 0 Å². The molecule has 21 heavy (non-hydrogen) atoms. The highest BCUT2D eigenvalue weighted by Crippen LogP contribution is 2.22. The number of thiophene rings is 1. The van der Waals surface area contributed by atoms with Gasteiger partial charge in [0.1, 0.15) is 18.2 Å². The van der Waals surface area contributed by atoms with E-state index in [9.17, 15) is 0 Å². The second-order valence-electron chi connectivity index (χ2n) is 5.54. The van der Waals surface area contributed by atoms with Crippen molar-refractivity contribution < 1.29 is 4.57 Å². The van der Waals surface area contributed by atoms with Gasteiger partial charge in [-0.2, -0.15) is 5.26 Å². The molecule has 2 nitrogen and oxygen atoms in total. The normalized spacial score (nSPS) is 10.5. The molecule has 0 aliphatic rings. The summed E-state index contributed by atoms with van der Waals surface area (Å²) in [5.41, 5.74) is 2.27. The fraction of sp³-hybridized carbons (Fsp3) is 0.444. The molecule has 0 amide bonds. The summed E-state index contributed by atoms with van der Waals surface area (Å²) in [4.78, 5) is 2.91. The van der Waals surface area contributed by atoms with Crippen molar-refractivity contribution in [1.29, 1.82) is 5.26 Å². The van der Waals surface area contributed by atoms with Crippen LogP contribution in [-0.4, -0.2) is 0 Å². The van der Waals surface area contributed by atoms with Crippen molar-refractivity contribution in [2.45, 2.75) is 52.5 Å². The van der Waals surface area contributed by atoms with Crippen LogP contribution in [0, 0.1) is 25.2 Å². The Bertz CT molecular complexity index is 622. The van der Waals surface area contributed by atoms with Gasteiger partial charge in [-0.05, 0) is 50.8 Å². The van der Waals surface area contributed by atoms with E-state index in [-0.39, 0.29) is 0 Å². The van der Waals surface area contributed by atoms with Crippen LogP contribution < -0.4 is 4.57 Å². The number of aromatic nitrogens is 1. The Hall–Kier alpha value is -1.66. The summed E-state index contributed by atoms with van der Waals surface area (Å²) in [6.45, 7) is 5.42. The smallest absolute Gasteiger partial charge is 0.186 e. The number of hydrogen-bond donors (Lipinski definition) is 0. The number of nitrogens with zero attached hydrogens (tertiary/aromatic N) is 2. The maximum Gasteiger partial charge on any atom is 0.186 e. The SMILES string of the molecule is Cc1cc(CCCCCC[n+]2cccc(C#N)c2)c(C)s1. The van der Waals surface area contributed by atoms with Crippen LogP contribution in [0.15, 0.2) is 30.6 Å². The molecule has 0 bridgehead atoms. The zero-order valence-corrected chi connectivity index (χ0v) is 13.7. The van der Waals surface area contributed by atoms with Gasteiger partial charge in [0.2, 0.25) is 0 Å². The Balaban J connectivity index is 1.64. The molecule has 2 aromatic rings. The third-order valence-electron chi connectivity index (χ3n) is 3.74. The summed E-state index contributed by atoms with van der Waals surface area (Å²) in [5.74, 6) is 0. The lowest BCUT2D eigenvalue weighted by Crippen LogP contribution is -2.32. The van der Waals surface area contributed by atoms with Crippen LogP contribution in [0.3, 0.4) is 0 Å². The molecule has 0 N–H and O–H groups in total. The minimum Gasteiger partial charge on any atom is -0.204 e. The summed E-state index contributed by atoms with van der Waals surface area (Å²) >= 11 is 1.91. The molecule has 2 heterocycles. The van der Waals surface area contributed by atoms with Crippen molar-refractivity contribution in [1.82, 2.24) is 0 Å². The van der Waals surface area contributed by atoms with Gasteiger partial charge in [-0.15, -0.1) is 11.3 Å². The molecular weight excluding hydrogens is 276 g/mol. The van der Waals surface area contributed by atoms with Gasteiger partial charge >= 0.3 is 0 Å². The van der Waals surface area contributed by atoms with E-state index in [0.717, 1.165) is 12.1 Å².